The Bertz CT molecular complexity index is 33.9. The molecule has 0 aliphatic heterocycles. The van der Waals surface area contributed by atoms with E-state index in [9.17, 15) is 0 Å². The van der Waals surface area contributed by atoms with Gasteiger partial charge in [-0.25, -0.2) is 0 Å². The molecule has 0 unspecified atom stereocenters. The third-order valence-electron chi connectivity index (χ3n) is 0.289. The molecule has 0 heterocycles. The maximum absolute atomic E-state index is 4.60. The Hall–Kier alpha value is -0.113. The molecule has 0 N–H and O–H groups in total. The van der Waals surface area contributed by atoms with Gasteiger partial charge in [-0.05, 0) is 0 Å². The van der Waals surface area contributed by atoms with Crippen LogP contribution < -0.4 is 0 Å². The van der Waals surface area contributed by atoms with Gasteiger partial charge in [-0.1, -0.05) is 0 Å². The predicted molar refractivity (Wildman–Crippen MR) is 24.6 cm³/mol. The zero-order chi connectivity index (χ0) is 4.28. The molecular formula is C3H8OSi+. The molecule has 0 saturated carbocycles. The Morgan fingerprint density at radius 1 is 1.60 bits per heavy atom. The van der Waals surface area contributed by atoms with Gasteiger partial charge < -0.3 is 4.11 Å². The molecule has 1 nitrogen and oxygen atoms in total. The van der Waals surface area contributed by atoms with E-state index in [4.69, 9.17) is 0 Å². The van der Waals surface area contributed by atoms with Gasteiger partial charge in [0, 0.05) is 13.1 Å². The average molecular weight is 88.2 g/mol. The number of carbonyl (C=O) groups excluding carboxylic acids is 1. The minimum absolute atomic E-state index is 0.485. The van der Waals surface area contributed by atoms with Crippen LogP contribution in [0, 0.1) is 0 Å². The van der Waals surface area contributed by atoms with E-state index in [1.54, 1.807) is 0 Å². The zero-order valence-electron chi connectivity index (χ0n) is 3.62. The van der Waals surface area contributed by atoms with Gasteiger partial charge in [0.05, 0.1) is 0 Å². The van der Waals surface area contributed by atoms with Gasteiger partial charge in [0.15, 0.2) is 0 Å². The largest absolute Gasteiger partial charge is 0.595 e. The molecule has 0 spiro atoms. The van der Waals surface area contributed by atoms with Gasteiger partial charge in [0.1, 0.15) is 0 Å². The summed E-state index contributed by atoms with van der Waals surface area (Å²) in [6, 6.07) is 0. The van der Waals surface area contributed by atoms with Crippen LogP contribution in [0.1, 0.15) is 0 Å². The molecule has 0 aromatic carbocycles. The van der Waals surface area contributed by atoms with E-state index < -0.39 is 9.04 Å². The first-order valence-corrected chi connectivity index (χ1v) is 3.90. The van der Waals surface area contributed by atoms with E-state index in [0.717, 1.165) is 0 Å². The Balaban J connectivity index is 2.83. The fourth-order valence-electron chi connectivity index (χ4n) is 0. The van der Waals surface area contributed by atoms with Crippen LogP contribution in [0.25, 0.3) is 0 Å². The van der Waals surface area contributed by atoms with Crippen molar-refractivity contribution in [3.05, 3.63) is 0 Å². The SMILES string of the molecule is C=[O+][Si](C)C. The standard InChI is InChI=1S/C3H8OSi/c1-4-5(2)3/h1H2,2-3H3/q+1. The normalized spacial score (nSPS) is 8.60. The summed E-state index contributed by atoms with van der Waals surface area (Å²) in [6.45, 7) is 7.31. The first-order chi connectivity index (χ1) is 2.27. The molecule has 0 aromatic rings. The number of hydrogen-bond donors (Lipinski definition) is 0. The van der Waals surface area contributed by atoms with Gasteiger partial charge >= 0.3 is 9.04 Å². The van der Waals surface area contributed by atoms with Crippen molar-refractivity contribution in [2.45, 2.75) is 13.1 Å². The van der Waals surface area contributed by atoms with E-state index in [1.807, 2.05) is 13.1 Å². The summed E-state index contributed by atoms with van der Waals surface area (Å²) in [5.74, 6) is 0. The van der Waals surface area contributed by atoms with Crippen LogP contribution >= 0.6 is 0 Å². The molecule has 29 valence electrons. The van der Waals surface area contributed by atoms with Crippen molar-refractivity contribution < 1.29 is 4.11 Å². The summed E-state index contributed by atoms with van der Waals surface area (Å²) >= 11 is 0. The van der Waals surface area contributed by atoms with Crippen molar-refractivity contribution >= 4 is 15.8 Å². The summed E-state index contributed by atoms with van der Waals surface area (Å²) in [5, 5.41) is 0. The fraction of sp³-hybridized carbons (Fsp3) is 0.667. The topological polar surface area (TPSA) is 11.3 Å². The van der Waals surface area contributed by atoms with Gasteiger partial charge in [-0.15, -0.1) is 0 Å². The van der Waals surface area contributed by atoms with Gasteiger partial charge in [0.2, 0.25) is 6.79 Å². The molecule has 0 bridgehead atoms. The molecular weight excluding hydrogens is 80.1 g/mol. The van der Waals surface area contributed by atoms with Crippen LogP contribution in [0.3, 0.4) is 0 Å². The van der Waals surface area contributed by atoms with Crippen LogP contribution in [-0.2, 0) is 4.11 Å². The smallest absolute Gasteiger partial charge is 0.377 e. The van der Waals surface area contributed by atoms with Gasteiger partial charge in [0.25, 0.3) is 0 Å². The number of rotatable bonds is 1. The minimum Gasteiger partial charge on any atom is -0.377 e. The Morgan fingerprint density at radius 2 is 1.80 bits per heavy atom. The second kappa shape index (κ2) is 2.14. The second-order valence-electron chi connectivity index (χ2n) is 1.05. The average Bonchev–Trinajstić information content (AvgIpc) is 1.38. The van der Waals surface area contributed by atoms with E-state index in [2.05, 4.69) is 10.9 Å². The molecule has 5 heavy (non-hydrogen) atoms. The third kappa shape index (κ3) is 3.89. The first-order valence-electron chi connectivity index (χ1n) is 1.49. The molecule has 0 fully saturated rings. The van der Waals surface area contributed by atoms with E-state index >= 15 is 0 Å². The van der Waals surface area contributed by atoms with Crippen molar-refractivity contribution in [1.82, 2.24) is 0 Å². The van der Waals surface area contributed by atoms with Crippen molar-refractivity contribution in [3.8, 4) is 0 Å². The van der Waals surface area contributed by atoms with E-state index in [-0.39, 0.29) is 0 Å². The summed E-state index contributed by atoms with van der Waals surface area (Å²) in [5.41, 5.74) is 0. The molecule has 0 aliphatic rings. The summed E-state index contributed by atoms with van der Waals surface area (Å²) in [7, 11) is -0.485. The molecule has 0 rings (SSSR count). The van der Waals surface area contributed by atoms with Gasteiger partial charge in [-0.2, -0.15) is 0 Å². The molecule has 0 saturated heterocycles. The highest BCUT2D eigenvalue weighted by atomic mass is 28.3. The lowest BCUT2D eigenvalue weighted by atomic mass is 11.9. The Morgan fingerprint density at radius 3 is 1.80 bits per heavy atom. The van der Waals surface area contributed by atoms with Crippen molar-refractivity contribution in [3.63, 3.8) is 0 Å². The molecule has 1 radical (unpaired) electrons. The van der Waals surface area contributed by atoms with Crippen LogP contribution in [0.5, 0.6) is 0 Å². The zero-order valence-corrected chi connectivity index (χ0v) is 4.62. The Labute approximate surface area is 34.1 Å². The molecule has 0 aromatic heterocycles. The molecule has 0 amide bonds. The summed E-state index contributed by atoms with van der Waals surface area (Å²) < 4.78 is 4.60. The number of hydrogen-bond acceptors (Lipinski definition) is 0. The highest BCUT2D eigenvalue weighted by molar-refractivity contribution is 6.45. The maximum atomic E-state index is 4.60. The van der Waals surface area contributed by atoms with Crippen LogP contribution in [-0.4, -0.2) is 15.8 Å². The predicted octanol–water partition coefficient (Wildman–Crippen LogP) is 0.602. The molecule has 2 heteroatoms. The monoisotopic (exact) mass is 88.0 g/mol. The summed E-state index contributed by atoms with van der Waals surface area (Å²) in [4.78, 5) is 0. The van der Waals surface area contributed by atoms with Crippen molar-refractivity contribution in [1.29, 1.82) is 0 Å². The fourth-order valence-corrected chi connectivity index (χ4v) is 0. The third-order valence-corrected chi connectivity index (χ3v) is 0.866. The first kappa shape index (κ1) is 4.89. The second-order valence-corrected chi connectivity index (χ2v) is 3.16. The van der Waals surface area contributed by atoms with Crippen LogP contribution in [0.15, 0.2) is 0 Å². The highest BCUT2D eigenvalue weighted by Crippen LogP contribution is 1.66. The van der Waals surface area contributed by atoms with Crippen LogP contribution in [0.4, 0.5) is 0 Å². The lowest BCUT2D eigenvalue weighted by Crippen LogP contribution is -1.96. The van der Waals surface area contributed by atoms with Gasteiger partial charge in [-0.3, -0.25) is 0 Å². The Kier molecular flexibility index (Phi) is 2.10. The van der Waals surface area contributed by atoms with E-state index in [1.165, 1.54) is 0 Å². The van der Waals surface area contributed by atoms with Crippen molar-refractivity contribution in [2.75, 3.05) is 0 Å². The lowest BCUT2D eigenvalue weighted by Gasteiger charge is -1.63. The quantitative estimate of drug-likeness (QED) is 0.328. The minimum atomic E-state index is -0.485. The van der Waals surface area contributed by atoms with Crippen LogP contribution in [0.2, 0.25) is 13.1 Å². The molecule has 0 atom stereocenters. The highest BCUT2D eigenvalue weighted by Gasteiger charge is 2.05. The summed E-state index contributed by atoms with van der Waals surface area (Å²) in [6.07, 6.45) is 0. The lowest BCUT2D eigenvalue weighted by molar-refractivity contribution is -0.281. The molecule has 0 aliphatic carbocycles. The van der Waals surface area contributed by atoms with Crippen molar-refractivity contribution in [2.24, 2.45) is 0 Å². The maximum Gasteiger partial charge on any atom is 0.595 e. The van der Waals surface area contributed by atoms with E-state index in [0.29, 0.717) is 0 Å².